The number of benzene rings is 1. The van der Waals surface area contributed by atoms with Gasteiger partial charge in [0, 0.05) is 32.6 Å². The maximum Gasteiger partial charge on any atom is 0.220 e. The van der Waals surface area contributed by atoms with Crippen LogP contribution < -0.4 is 10.6 Å². The van der Waals surface area contributed by atoms with E-state index in [4.69, 9.17) is 4.74 Å². The summed E-state index contributed by atoms with van der Waals surface area (Å²) in [4.78, 5) is 14.5. The van der Waals surface area contributed by atoms with Gasteiger partial charge in [0.2, 0.25) is 5.91 Å². The Morgan fingerprint density at radius 2 is 1.79 bits per heavy atom. The van der Waals surface area contributed by atoms with Gasteiger partial charge < -0.3 is 15.4 Å². The molecule has 0 aliphatic carbocycles. The molecule has 0 unspecified atom stereocenters. The van der Waals surface area contributed by atoms with Crippen LogP contribution in [0.1, 0.15) is 30.4 Å². The van der Waals surface area contributed by atoms with Crippen molar-refractivity contribution in [3.05, 3.63) is 35.4 Å². The molecule has 2 heterocycles. The molecule has 0 atom stereocenters. The van der Waals surface area contributed by atoms with E-state index in [1.807, 2.05) is 0 Å². The van der Waals surface area contributed by atoms with Crippen LogP contribution in [-0.4, -0.2) is 50.2 Å². The van der Waals surface area contributed by atoms with E-state index in [0.717, 1.165) is 58.8 Å². The molecular formula is C19H29N3O2. The molecule has 3 rings (SSSR count). The van der Waals surface area contributed by atoms with Gasteiger partial charge in [-0.1, -0.05) is 24.3 Å². The van der Waals surface area contributed by atoms with Crippen molar-refractivity contribution in [3.8, 4) is 0 Å². The lowest BCUT2D eigenvalue weighted by molar-refractivity contribution is -0.122. The monoisotopic (exact) mass is 331 g/mol. The van der Waals surface area contributed by atoms with E-state index in [2.05, 4.69) is 39.8 Å². The van der Waals surface area contributed by atoms with Gasteiger partial charge in [-0.3, -0.25) is 9.69 Å². The number of hydrogen-bond donors (Lipinski definition) is 2. The van der Waals surface area contributed by atoms with Crippen molar-refractivity contribution >= 4 is 5.91 Å². The van der Waals surface area contributed by atoms with Crippen molar-refractivity contribution < 1.29 is 9.53 Å². The van der Waals surface area contributed by atoms with Crippen LogP contribution in [0.25, 0.3) is 0 Å². The quantitative estimate of drug-likeness (QED) is 0.830. The molecule has 0 radical (unpaired) electrons. The second kappa shape index (κ2) is 9.16. The zero-order chi connectivity index (χ0) is 16.6. The van der Waals surface area contributed by atoms with E-state index < -0.39 is 0 Å². The molecule has 1 aromatic carbocycles. The molecule has 2 saturated heterocycles. The second-order valence-corrected chi connectivity index (χ2v) is 6.88. The Kier molecular flexibility index (Phi) is 6.64. The molecule has 2 aliphatic rings. The first-order chi connectivity index (χ1) is 11.8. The zero-order valence-electron chi connectivity index (χ0n) is 14.4. The summed E-state index contributed by atoms with van der Waals surface area (Å²) in [6.07, 6.45) is 2.89. The Balaban J connectivity index is 1.39. The summed E-state index contributed by atoms with van der Waals surface area (Å²) in [5, 5.41) is 6.40. The van der Waals surface area contributed by atoms with Gasteiger partial charge in [0.15, 0.2) is 0 Å². The average Bonchev–Trinajstić information content (AvgIpc) is 2.63. The van der Waals surface area contributed by atoms with Gasteiger partial charge >= 0.3 is 0 Å². The maximum absolute atomic E-state index is 12.1. The largest absolute Gasteiger partial charge is 0.379 e. The third kappa shape index (κ3) is 5.58. The lowest BCUT2D eigenvalue weighted by Crippen LogP contribution is -2.35. The Morgan fingerprint density at radius 3 is 2.50 bits per heavy atom. The number of nitrogens with zero attached hydrogens (tertiary/aromatic N) is 1. The molecule has 1 amide bonds. The minimum atomic E-state index is 0.180. The molecule has 0 spiro atoms. The molecule has 0 saturated carbocycles. The maximum atomic E-state index is 12.1. The number of ether oxygens (including phenoxy) is 1. The van der Waals surface area contributed by atoms with E-state index in [0.29, 0.717) is 18.9 Å². The summed E-state index contributed by atoms with van der Waals surface area (Å²) in [6.45, 7) is 7.38. The number of piperidine rings is 1. The predicted molar refractivity (Wildman–Crippen MR) is 94.6 cm³/mol. The van der Waals surface area contributed by atoms with Crippen molar-refractivity contribution in [2.45, 2.75) is 32.4 Å². The highest BCUT2D eigenvalue weighted by Crippen LogP contribution is 2.15. The standard InChI is InChI=1S/C19H29N3O2/c23-19(13-16-5-7-20-8-6-16)21-14-17-1-3-18(4-2-17)15-22-9-11-24-12-10-22/h1-4,16,20H,5-15H2,(H,21,23). The van der Waals surface area contributed by atoms with Gasteiger partial charge in [-0.15, -0.1) is 0 Å². The van der Waals surface area contributed by atoms with E-state index in [9.17, 15) is 4.79 Å². The number of morpholine rings is 1. The van der Waals surface area contributed by atoms with E-state index in [1.165, 1.54) is 11.1 Å². The minimum absolute atomic E-state index is 0.180. The number of rotatable bonds is 6. The van der Waals surface area contributed by atoms with Crippen LogP contribution in [0.3, 0.4) is 0 Å². The third-order valence-corrected chi connectivity index (χ3v) is 4.96. The molecule has 2 fully saturated rings. The van der Waals surface area contributed by atoms with Crippen molar-refractivity contribution in [1.82, 2.24) is 15.5 Å². The fourth-order valence-corrected chi connectivity index (χ4v) is 3.40. The first kappa shape index (κ1) is 17.4. The molecular weight excluding hydrogens is 302 g/mol. The topological polar surface area (TPSA) is 53.6 Å². The summed E-state index contributed by atoms with van der Waals surface area (Å²) < 4.78 is 5.38. The fourth-order valence-electron chi connectivity index (χ4n) is 3.40. The second-order valence-electron chi connectivity index (χ2n) is 6.88. The van der Waals surface area contributed by atoms with Crippen LogP contribution in [0.5, 0.6) is 0 Å². The van der Waals surface area contributed by atoms with Crippen LogP contribution in [-0.2, 0) is 22.6 Å². The Morgan fingerprint density at radius 1 is 1.12 bits per heavy atom. The molecule has 1 aromatic rings. The van der Waals surface area contributed by atoms with Crippen LogP contribution in [0.15, 0.2) is 24.3 Å². The molecule has 24 heavy (non-hydrogen) atoms. The van der Waals surface area contributed by atoms with Crippen LogP contribution in [0.2, 0.25) is 0 Å². The van der Waals surface area contributed by atoms with E-state index >= 15 is 0 Å². The molecule has 0 bridgehead atoms. The Labute approximate surface area is 144 Å². The highest BCUT2D eigenvalue weighted by atomic mass is 16.5. The lowest BCUT2D eigenvalue weighted by atomic mass is 9.94. The van der Waals surface area contributed by atoms with Crippen molar-refractivity contribution in [1.29, 1.82) is 0 Å². The molecule has 0 aromatic heterocycles. The summed E-state index contributed by atoms with van der Waals surface area (Å²) >= 11 is 0. The molecule has 2 N–H and O–H groups in total. The number of hydrogen-bond acceptors (Lipinski definition) is 4. The summed E-state index contributed by atoms with van der Waals surface area (Å²) in [7, 11) is 0. The van der Waals surface area contributed by atoms with Crippen LogP contribution in [0.4, 0.5) is 0 Å². The molecule has 132 valence electrons. The fraction of sp³-hybridized carbons (Fsp3) is 0.632. The summed E-state index contributed by atoms with van der Waals surface area (Å²) in [5.74, 6) is 0.724. The Bertz CT molecular complexity index is 506. The lowest BCUT2D eigenvalue weighted by Gasteiger charge is -2.26. The van der Waals surface area contributed by atoms with Gasteiger partial charge in [-0.2, -0.15) is 0 Å². The molecule has 5 heteroatoms. The van der Waals surface area contributed by atoms with Gasteiger partial charge in [0.25, 0.3) is 0 Å². The van der Waals surface area contributed by atoms with Crippen molar-refractivity contribution in [2.24, 2.45) is 5.92 Å². The predicted octanol–water partition coefficient (Wildman–Crippen LogP) is 1.52. The SMILES string of the molecule is O=C(CC1CCNCC1)NCc1ccc(CN2CCOCC2)cc1. The number of amides is 1. The zero-order valence-corrected chi connectivity index (χ0v) is 14.4. The molecule has 2 aliphatic heterocycles. The normalized spacial score (nSPS) is 20.0. The van der Waals surface area contributed by atoms with Crippen molar-refractivity contribution in [3.63, 3.8) is 0 Å². The smallest absolute Gasteiger partial charge is 0.220 e. The van der Waals surface area contributed by atoms with E-state index in [-0.39, 0.29) is 5.91 Å². The Hall–Kier alpha value is -1.43. The highest BCUT2D eigenvalue weighted by molar-refractivity contribution is 5.76. The van der Waals surface area contributed by atoms with Crippen molar-refractivity contribution in [2.75, 3.05) is 39.4 Å². The van der Waals surface area contributed by atoms with Gasteiger partial charge in [-0.05, 0) is 43.0 Å². The van der Waals surface area contributed by atoms with Crippen LogP contribution in [0, 0.1) is 5.92 Å². The van der Waals surface area contributed by atoms with Crippen LogP contribution >= 0.6 is 0 Å². The van der Waals surface area contributed by atoms with Gasteiger partial charge in [0.1, 0.15) is 0 Å². The number of nitrogens with one attached hydrogen (secondary N) is 2. The van der Waals surface area contributed by atoms with Gasteiger partial charge in [0.05, 0.1) is 13.2 Å². The first-order valence-electron chi connectivity index (χ1n) is 9.15. The number of carbonyl (C=O) groups is 1. The van der Waals surface area contributed by atoms with E-state index in [1.54, 1.807) is 0 Å². The summed E-state index contributed by atoms with van der Waals surface area (Å²) in [5.41, 5.74) is 2.49. The summed E-state index contributed by atoms with van der Waals surface area (Å²) in [6, 6.07) is 8.59. The first-order valence-corrected chi connectivity index (χ1v) is 9.15. The van der Waals surface area contributed by atoms with Gasteiger partial charge in [-0.25, -0.2) is 0 Å². The molecule has 5 nitrogen and oxygen atoms in total. The third-order valence-electron chi connectivity index (χ3n) is 4.96. The average molecular weight is 331 g/mol. The minimum Gasteiger partial charge on any atom is -0.379 e. The highest BCUT2D eigenvalue weighted by Gasteiger charge is 2.16. The number of carbonyl (C=O) groups excluding carboxylic acids is 1.